The Bertz CT molecular complexity index is 653. The van der Waals surface area contributed by atoms with Crippen molar-refractivity contribution >= 4 is 17.5 Å². The molecule has 1 saturated carbocycles. The molecule has 0 radical (unpaired) electrons. The third kappa shape index (κ3) is 2.32. The van der Waals surface area contributed by atoms with E-state index in [1.54, 1.807) is 6.07 Å². The number of amides is 2. The van der Waals surface area contributed by atoms with E-state index in [0.29, 0.717) is 24.8 Å². The summed E-state index contributed by atoms with van der Waals surface area (Å²) in [7, 11) is 0. The molecule has 3 rings (SSSR count). The molecule has 2 atom stereocenters. The van der Waals surface area contributed by atoms with Crippen molar-refractivity contribution in [2.24, 2.45) is 17.6 Å². The first-order chi connectivity index (χ1) is 10.1. The summed E-state index contributed by atoms with van der Waals surface area (Å²) in [5.74, 6) is 3.88. The van der Waals surface area contributed by atoms with Gasteiger partial charge in [0.1, 0.15) is 5.82 Å². The summed E-state index contributed by atoms with van der Waals surface area (Å²) in [4.78, 5) is 25.6. The fourth-order valence-electron chi connectivity index (χ4n) is 3.06. The molecule has 2 fully saturated rings. The lowest BCUT2D eigenvalue weighted by atomic mass is 9.96. The maximum absolute atomic E-state index is 14.2. The molecule has 1 saturated heterocycles. The molecule has 0 aromatic heterocycles. The van der Waals surface area contributed by atoms with Crippen LogP contribution in [0.4, 0.5) is 10.1 Å². The van der Waals surface area contributed by atoms with Crippen LogP contribution in [0.3, 0.4) is 0 Å². The van der Waals surface area contributed by atoms with Crippen molar-refractivity contribution in [3.8, 4) is 11.8 Å². The van der Waals surface area contributed by atoms with Gasteiger partial charge in [-0.1, -0.05) is 11.8 Å². The van der Waals surface area contributed by atoms with E-state index >= 15 is 0 Å². The van der Waals surface area contributed by atoms with Crippen molar-refractivity contribution in [2.45, 2.75) is 19.3 Å². The minimum Gasteiger partial charge on any atom is -0.320 e. The molecule has 2 N–H and O–H groups in total. The molecular weight excluding hydrogens is 271 g/mol. The predicted octanol–water partition coefficient (Wildman–Crippen LogP) is 1.43. The van der Waals surface area contributed by atoms with Crippen LogP contribution in [-0.4, -0.2) is 18.4 Å². The Morgan fingerprint density at radius 2 is 1.90 bits per heavy atom. The molecule has 2 amide bonds. The van der Waals surface area contributed by atoms with E-state index < -0.39 is 5.82 Å². The van der Waals surface area contributed by atoms with Gasteiger partial charge in [-0.15, -0.1) is 0 Å². The van der Waals surface area contributed by atoms with Crippen molar-refractivity contribution < 1.29 is 14.0 Å². The molecule has 1 heterocycles. The van der Waals surface area contributed by atoms with Crippen LogP contribution in [0, 0.1) is 29.5 Å². The first-order valence-corrected chi connectivity index (χ1v) is 6.98. The Morgan fingerprint density at radius 1 is 1.24 bits per heavy atom. The Kier molecular flexibility index (Phi) is 3.48. The molecule has 1 aliphatic heterocycles. The van der Waals surface area contributed by atoms with Gasteiger partial charge in [-0.3, -0.25) is 9.59 Å². The number of anilines is 1. The fraction of sp³-hybridized carbons (Fsp3) is 0.375. The Morgan fingerprint density at radius 3 is 2.48 bits per heavy atom. The quantitative estimate of drug-likeness (QED) is 0.627. The molecule has 2 aliphatic rings. The SMILES string of the molecule is NCC#Cc1ccc(N2C(=O)C3CCC(C3)C2=O)c(F)c1. The predicted molar refractivity (Wildman–Crippen MR) is 75.7 cm³/mol. The van der Waals surface area contributed by atoms with Crippen molar-refractivity contribution in [1.29, 1.82) is 0 Å². The normalized spacial score (nSPS) is 24.0. The highest BCUT2D eigenvalue weighted by Gasteiger charge is 2.46. The number of imide groups is 1. The number of fused-ring (bicyclic) bond motifs is 2. The molecular formula is C16H15FN2O2. The van der Waals surface area contributed by atoms with Crippen LogP contribution in [0.1, 0.15) is 24.8 Å². The van der Waals surface area contributed by atoms with Crippen molar-refractivity contribution in [2.75, 3.05) is 11.4 Å². The smallest absolute Gasteiger partial charge is 0.236 e. The number of rotatable bonds is 1. The largest absolute Gasteiger partial charge is 0.320 e. The van der Waals surface area contributed by atoms with Gasteiger partial charge < -0.3 is 5.73 Å². The highest BCUT2D eigenvalue weighted by molar-refractivity contribution is 6.18. The molecule has 2 bridgehead atoms. The summed E-state index contributed by atoms with van der Waals surface area (Å²) in [6, 6.07) is 4.27. The summed E-state index contributed by atoms with van der Waals surface area (Å²) in [5.41, 5.74) is 5.77. The summed E-state index contributed by atoms with van der Waals surface area (Å²) in [6.45, 7) is 0.190. The zero-order chi connectivity index (χ0) is 15.0. The number of carbonyl (C=O) groups excluding carboxylic acids is 2. The number of benzene rings is 1. The molecule has 2 unspecified atom stereocenters. The molecule has 1 aromatic rings. The summed E-state index contributed by atoms with van der Waals surface area (Å²) >= 11 is 0. The molecule has 0 spiro atoms. The Labute approximate surface area is 122 Å². The number of carbonyl (C=O) groups is 2. The molecule has 1 aliphatic carbocycles. The standard InChI is InChI=1S/C16H15FN2O2/c17-13-8-10(2-1-7-18)3-6-14(13)19-15(20)11-4-5-12(9-11)16(19)21/h3,6,8,11-12H,4-5,7,9,18H2. The molecule has 21 heavy (non-hydrogen) atoms. The van der Waals surface area contributed by atoms with Gasteiger partial charge in [0.05, 0.1) is 12.2 Å². The first kappa shape index (κ1) is 13.8. The average Bonchev–Trinajstić information content (AvgIpc) is 2.92. The van der Waals surface area contributed by atoms with E-state index in [2.05, 4.69) is 11.8 Å². The van der Waals surface area contributed by atoms with E-state index in [4.69, 9.17) is 5.73 Å². The van der Waals surface area contributed by atoms with Crippen LogP contribution in [-0.2, 0) is 9.59 Å². The van der Waals surface area contributed by atoms with Crippen LogP contribution < -0.4 is 10.6 Å². The lowest BCUT2D eigenvalue weighted by Gasteiger charge is -2.29. The minimum atomic E-state index is -0.609. The molecule has 1 aromatic carbocycles. The average molecular weight is 286 g/mol. The lowest BCUT2D eigenvalue weighted by Crippen LogP contribution is -2.46. The van der Waals surface area contributed by atoms with E-state index in [9.17, 15) is 14.0 Å². The third-order valence-electron chi connectivity index (χ3n) is 4.10. The number of hydrogen-bond acceptors (Lipinski definition) is 3. The van der Waals surface area contributed by atoms with Crippen LogP contribution in [0.2, 0.25) is 0 Å². The summed E-state index contributed by atoms with van der Waals surface area (Å²) < 4.78 is 14.2. The monoisotopic (exact) mass is 286 g/mol. The van der Waals surface area contributed by atoms with Gasteiger partial charge in [-0.05, 0) is 37.5 Å². The van der Waals surface area contributed by atoms with E-state index in [1.165, 1.54) is 12.1 Å². The van der Waals surface area contributed by atoms with Crippen molar-refractivity contribution in [1.82, 2.24) is 0 Å². The van der Waals surface area contributed by atoms with Gasteiger partial charge in [-0.2, -0.15) is 0 Å². The van der Waals surface area contributed by atoms with Crippen molar-refractivity contribution in [3.63, 3.8) is 0 Å². The molecule has 108 valence electrons. The highest BCUT2D eigenvalue weighted by atomic mass is 19.1. The van der Waals surface area contributed by atoms with Gasteiger partial charge in [-0.25, -0.2) is 9.29 Å². The van der Waals surface area contributed by atoms with Gasteiger partial charge in [0.2, 0.25) is 11.8 Å². The third-order valence-corrected chi connectivity index (χ3v) is 4.10. The molecule has 4 nitrogen and oxygen atoms in total. The second-order valence-corrected chi connectivity index (χ2v) is 5.39. The first-order valence-electron chi connectivity index (χ1n) is 6.98. The van der Waals surface area contributed by atoms with Gasteiger partial charge in [0.25, 0.3) is 0 Å². The number of nitrogens with two attached hydrogens (primary N) is 1. The van der Waals surface area contributed by atoms with Crippen LogP contribution in [0.25, 0.3) is 0 Å². The van der Waals surface area contributed by atoms with Gasteiger partial charge in [0, 0.05) is 17.4 Å². The Hall–Kier alpha value is -2.19. The Balaban J connectivity index is 1.96. The summed E-state index contributed by atoms with van der Waals surface area (Å²) in [6.07, 6.45) is 2.04. The number of piperidine rings is 1. The maximum Gasteiger partial charge on any atom is 0.236 e. The second-order valence-electron chi connectivity index (χ2n) is 5.39. The highest BCUT2D eigenvalue weighted by Crippen LogP contribution is 2.40. The number of halogens is 1. The van der Waals surface area contributed by atoms with Gasteiger partial charge in [0.15, 0.2) is 0 Å². The topological polar surface area (TPSA) is 63.4 Å². The van der Waals surface area contributed by atoms with Crippen molar-refractivity contribution in [3.05, 3.63) is 29.6 Å². The number of hydrogen-bond donors (Lipinski definition) is 1. The maximum atomic E-state index is 14.2. The van der Waals surface area contributed by atoms with E-state index in [-0.39, 0.29) is 35.9 Å². The molecule has 5 heteroatoms. The van der Waals surface area contributed by atoms with Crippen LogP contribution in [0.15, 0.2) is 18.2 Å². The fourth-order valence-corrected chi connectivity index (χ4v) is 3.06. The van der Waals surface area contributed by atoms with Crippen LogP contribution in [0.5, 0.6) is 0 Å². The minimum absolute atomic E-state index is 0.0277. The zero-order valence-corrected chi connectivity index (χ0v) is 11.4. The van der Waals surface area contributed by atoms with Crippen LogP contribution >= 0.6 is 0 Å². The second kappa shape index (κ2) is 5.30. The number of nitrogens with zero attached hydrogens (tertiary/aromatic N) is 1. The van der Waals surface area contributed by atoms with E-state index in [0.717, 1.165) is 4.90 Å². The summed E-state index contributed by atoms with van der Waals surface area (Å²) in [5, 5.41) is 0. The zero-order valence-electron chi connectivity index (χ0n) is 11.4. The lowest BCUT2D eigenvalue weighted by molar-refractivity contribution is -0.133. The van der Waals surface area contributed by atoms with E-state index in [1.807, 2.05) is 0 Å². The van der Waals surface area contributed by atoms with Gasteiger partial charge >= 0.3 is 0 Å².